The fourth-order valence-corrected chi connectivity index (χ4v) is 3.70. The summed E-state index contributed by atoms with van der Waals surface area (Å²) in [5.74, 6) is 0.463. The minimum atomic E-state index is -0.322. The SMILES string of the molecule is Cc1ccc(Nc2nc(Nc3ccc(O)cc3)nc(Nc3ccc(C(=O)NCc4ccc(F)cc4)cc3)n2)cc1. The average molecular weight is 536 g/mol. The van der Waals surface area contributed by atoms with Crippen LogP contribution in [0.1, 0.15) is 21.5 Å². The first kappa shape index (κ1) is 26.1. The van der Waals surface area contributed by atoms with E-state index in [0.29, 0.717) is 22.9 Å². The van der Waals surface area contributed by atoms with Gasteiger partial charge in [-0.3, -0.25) is 4.79 Å². The van der Waals surface area contributed by atoms with E-state index in [9.17, 15) is 14.3 Å². The first-order chi connectivity index (χ1) is 19.4. The number of rotatable bonds is 9. The molecule has 0 saturated carbocycles. The molecule has 1 aromatic heterocycles. The van der Waals surface area contributed by atoms with Gasteiger partial charge >= 0.3 is 0 Å². The normalized spacial score (nSPS) is 10.6. The van der Waals surface area contributed by atoms with Gasteiger partial charge in [0, 0.05) is 29.2 Å². The van der Waals surface area contributed by atoms with Crippen LogP contribution in [-0.2, 0) is 6.54 Å². The number of aryl methyl sites for hydroxylation is 1. The first-order valence-electron chi connectivity index (χ1n) is 12.5. The molecular weight excluding hydrogens is 509 g/mol. The van der Waals surface area contributed by atoms with Crippen molar-refractivity contribution in [1.82, 2.24) is 20.3 Å². The molecular formula is C30H26FN7O2. The minimum Gasteiger partial charge on any atom is -0.508 e. The number of carbonyl (C=O) groups excluding carboxylic acids is 1. The topological polar surface area (TPSA) is 124 Å². The molecule has 5 N–H and O–H groups in total. The van der Waals surface area contributed by atoms with Gasteiger partial charge in [-0.2, -0.15) is 15.0 Å². The summed E-state index contributed by atoms with van der Waals surface area (Å²) in [6.07, 6.45) is 0. The zero-order chi connectivity index (χ0) is 27.9. The molecule has 1 heterocycles. The molecule has 0 radical (unpaired) electrons. The van der Waals surface area contributed by atoms with Crippen LogP contribution in [-0.4, -0.2) is 26.0 Å². The van der Waals surface area contributed by atoms with Crippen molar-refractivity contribution in [2.75, 3.05) is 16.0 Å². The Morgan fingerprint density at radius 3 is 1.62 bits per heavy atom. The zero-order valence-electron chi connectivity index (χ0n) is 21.5. The summed E-state index contributed by atoms with van der Waals surface area (Å²) in [6.45, 7) is 2.30. The predicted octanol–water partition coefficient (Wildman–Crippen LogP) is 6.19. The van der Waals surface area contributed by atoms with Crippen molar-refractivity contribution in [3.8, 4) is 5.75 Å². The van der Waals surface area contributed by atoms with Gasteiger partial charge in [0.2, 0.25) is 17.8 Å². The standard InChI is InChI=1S/C30H26FN7O2/c1-19-2-10-23(11-3-19)33-28-36-29(38-30(37-28)35-25-14-16-26(39)17-15-25)34-24-12-6-21(7-13-24)27(40)32-18-20-4-8-22(31)9-5-20/h2-17,39H,18H2,1H3,(H,32,40)(H3,33,34,35,36,37,38). The summed E-state index contributed by atoms with van der Waals surface area (Å²) in [5.41, 5.74) is 4.57. The number of halogens is 1. The van der Waals surface area contributed by atoms with E-state index in [-0.39, 0.29) is 35.9 Å². The van der Waals surface area contributed by atoms with Gasteiger partial charge in [-0.1, -0.05) is 29.8 Å². The van der Waals surface area contributed by atoms with Crippen LogP contribution in [0.15, 0.2) is 97.1 Å². The quantitative estimate of drug-likeness (QED) is 0.142. The van der Waals surface area contributed by atoms with E-state index in [1.54, 1.807) is 60.7 Å². The molecule has 4 aromatic carbocycles. The number of phenols is 1. The van der Waals surface area contributed by atoms with Gasteiger partial charge in [0.05, 0.1) is 0 Å². The molecule has 0 atom stereocenters. The monoisotopic (exact) mass is 535 g/mol. The Bertz CT molecular complexity index is 1530. The first-order valence-corrected chi connectivity index (χ1v) is 12.5. The molecule has 1 amide bonds. The van der Waals surface area contributed by atoms with Crippen molar-refractivity contribution in [2.45, 2.75) is 13.5 Å². The van der Waals surface area contributed by atoms with Crippen molar-refractivity contribution >= 4 is 40.8 Å². The lowest BCUT2D eigenvalue weighted by Gasteiger charge is -2.12. The number of aromatic hydroxyl groups is 1. The van der Waals surface area contributed by atoms with Crippen molar-refractivity contribution < 1.29 is 14.3 Å². The van der Waals surface area contributed by atoms with Crippen LogP contribution in [0.2, 0.25) is 0 Å². The van der Waals surface area contributed by atoms with Crippen LogP contribution >= 0.6 is 0 Å². The third-order valence-corrected chi connectivity index (χ3v) is 5.84. The van der Waals surface area contributed by atoms with Crippen LogP contribution < -0.4 is 21.3 Å². The number of nitrogens with one attached hydrogen (secondary N) is 4. The minimum absolute atomic E-state index is 0.151. The Labute approximate surface area is 230 Å². The molecule has 9 nitrogen and oxygen atoms in total. The smallest absolute Gasteiger partial charge is 0.251 e. The number of hydrogen-bond donors (Lipinski definition) is 5. The molecule has 0 bridgehead atoms. The average Bonchev–Trinajstić information content (AvgIpc) is 2.95. The van der Waals surface area contributed by atoms with Gasteiger partial charge in [-0.15, -0.1) is 0 Å². The van der Waals surface area contributed by atoms with E-state index < -0.39 is 0 Å². The largest absolute Gasteiger partial charge is 0.508 e. The van der Waals surface area contributed by atoms with Crippen LogP contribution in [0.25, 0.3) is 0 Å². The summed E-state index contributed by atoms with van der Waals surface area (Å²) < 4.78 is 13.1. The Morgan fingerprint density at radius 2 is 1.12 bits per heavy atom. The van der Waals surface area contributed by atoms with Crippen LogP contribution in [0.4, 0.5) is 39.3 Å². The molecule has 0 fully saturated rings. The maximum absolute atomic E-state index is 13.1. The highest BCUT2D eigenvalue weighted by Gasteiger charge is 2.10. The molecule has 40 heavy (non-hydrogen) atoms. The Hall–Kier alpha value is -5.51. The molecule has 0 saturated heterocycles. The number of benzene rings is 4. The van der Waals surface area contributed by atoms with Gasteiger partial charge in [0.1, 0.15) is 11.6 Å². The summed E-state index contributed by atoms with van der Waals surface area (Å²) in [4.78, 5) is 26.0. The molecule has 5 rings (SSSR count). The van der Waals surface area contributed by atoms with Gasteiger partial charge < -0.3 is 26.4 Å². The number of phenolic OH excluding ortho intramolecular Hbond substituents is 1. The van der Waals surface area contributed by atoms with E-state index in [0.717, 1.165) is 16.8 Å². The number of aromatic nitrogens is 3. The lowest BCUT2D eigenvalue weighted by molar-refractivity contribution is 0.0951. The van der Waals surface area contributed by atoms with Crippen molar-refractivity contribution in [2.24, 2.45) is 0 Å². The van der Waals surface area contributed by atoms with E-state index in [2.05, 4.69) is 36.2 Å². The number of hydrogen-bond acceptors (Lipinski definition) is 8. The highest BCUT2D eigenvalue weighted by atomic mass is 19.1. The van der Waals surface area contributed by atoms with E-state index >= 15 is 0 Å². The van der Waals surface area contributed by atoms with Crippen molar-refractivity contribution in [3.05, 3.63) is 120 Å². The lowest BCUT2D eigenvalue weighted by Crippen LogP contribution is -2.22. The van der Waals surface area contributed by atoms with Gasteiger partial charge in [0.25, 0.3) is 5.91 Å². The van der Waals surface area contributed by atoms with Gasteiger partial charge in [0.15, 0.2) is 0 Å². The molecule has 0 aliphatic rings. The number of carbonyl (C=O) groups is 1. The molecule has 0 unspecified atom stereocenters. The Kier molecular flexibility index (Phi) is 7.77. The van der Waals surface area contributed by atoms with Crippen LogP contribution in [0.3, 0.4) is 0 Å². The van der Waals surface area contributed by atoms with Gasteiger partial charge in [-0.25, -0.2) is 4.39 Å². The second kappa shape index (κ2) is 11.9. The molecule has 10 heteroatoms. The van der Waals surface area contributed by atoms with Crippen LogP contribution in [0, 0.1) is 12.7 Å². The second-order valence-electron chi connectivity index (χ2n) is 8.98. The predicted molar refractivity (Wildman–Crippen MR) is 153 cm³/mol. The van der Waals surface area contributed by atoms with Gasteiger partial charge in [-0.05, 0) is 85.3 Å². The summed E-state index contributed by atoms with van der Waals surface area (Å²) in [7, 11) is 0. The molecule has 5 aromatic rings. The number of nitrogens with zero attached hydrogens (tertiary/aromatic N) is 3. The Balaban J connectivity index is 1.31. The zero-order valence-corrected chi connectivity index (χ0v) is 21.5. The second-order valence-corrected chi connectivity index (χ2v) is 8.98. The summed E-state index contributed by atoms with van der Waals surface area (Å²) in [5, 5.41) is 21.9. The van der Waals surface area contributed by atoms with Crippen molar-refractivity contribution in [3.63, 3.8) is 0 Å². The lowest BCUT2D eigenvalue weighted by atomic mass is 10.1. The maximum Gasteiger partial charge on any atom is 0.251 e. The number of anilines is 6. The van der Waals surface area contributed by atoms with E-state index in [4.69, 9.17) is 0 Å². The molecule has 200 valence electrons. The fourth-order valence-electron chi connectivity index (χ4n) is 3.70. The summed E-state index contributed by atoms with van der Waals surface area (Å²) >= 11 is 0. The fraction of sp³-hybridized carbons (Fsp3) is 0.0667. The highest BCUT2D eigenvalue weighted by molar-refractivity contribution is 5.94. The maximum atomic E-state index is 13.1. The molecule has 0 aliphatic carbocycles. The number of amides is 1. The summed E-state index contributed by atoms with van der Waals surface area (Å²) in [6, 6.07) is 27.2. The van der Waals surface area contributed by atoms with E-state index in [1.165, 1.54) is 12.1 Å². The molecule has 0 spiro atoms. The third kappa shape index (κ3) is 7.07. The van der Waals surface area contributed by atoms with E-state index in [1.807, 2.05) is 31.2 Å². The van der Waals surface area contributed by atoms with Crippen molar-refractivity contribution in [1.29, 1.82) is 0 Å². The highest BCUT2D eigenvalue weighted by Crippen LogP contribution is 2.22. The Morgan fingerprint density at radius 1 is 0.675 bits per heavy atom. The third-order valence-electron chi connectivity index (χ3n) is 5.84. The molecule has 0 aliphatic heterocycles. The van der Waals surface area contributed by atoms with Crippen LogP contribution in [0.5, 0.6) is 5.75 Å².